The van der Waals surface area contributed by atoms with Crippen molar-refractivity contribution >= 4 is 40.0 Å². The topological polar surface area (TPSA) is 75.2 Å². The van der Waals surface area contributed by atoms with Crippen LogP contribution in [-0.2, 0) is 9.59 Å². The van der Waals surface area contributed by atoms with Gasteiger partial charge in [-0.2, -0.15) is 0 Å². The van der Waals surface area contributed by atoms with Crippen molar-refractivity contribution in [2.45, 2.75) is 87.9 Å². The van der Waals surface area contributed by atoms with Gasteiger partial charge in [0, 0.05) is 18.5 Å². The number of hydrogen-bond donors (Lipinski definition) is 1. The number of carbonyl (C=O) groups is 2. The molecule has 0 unspecified atom stereocenters. The zero-order valence-corrected chi connectivity index (χ0v) is 18.2. The number of thioether (sulfide) groups is 1. The second-order valence-corrected chi connectivity index (χ2v) is 10.4. The SMILES string of the molecule is CCC(=O)N(c1nnc(S[C@H](C)C(=O)N[C@@H]2CCC[C@H](C)[C@H]2C)s1)C1CC1. The lowest BCUT2D eigenvalue weighted by Gasteiger charge is -2.35. The summed E-state index contributed by atoms with van der Waals surface area (Å²) in [4.78, 5) is 26.6. The molecule has 0 radical (unpaired) electrons. The molecule has 2 saturated carbocycles. The second kappa shape index (κ2) is 8.90. The van der Waals surface area contributed by atoms with Crippen molar-refractivity contribution in [3.8, 4) is 0 Å². The maximum Gasteiger partial charge on any atom is 0.233 e. The Labute approximate surface area is 169 Å². The average Bonchev–Trinajstić information content (AvgIpc) is 3.37. The van der Waals surface area contributed by atoms with Crippen molar-refractivity contribution in [3.63, 3.8) is 0 Å². The first-order valence-corrected chi connectivity index (χ1v) is 11.7. The molecule has 1 heterocycles. The Balaban J connectivity index is 1.57. The molecule has 27 heavy (non-hydrogen) atoms. The van der Waals surface area contributed by atoms with Crippen molar-refractivity contribution in [3.05, 3.63) is 0 Å². The molecular weight excluding hydrogens is 380 g/mol. The van der Waals surface area contributed by atoms with Crippen LogP contribution in [0.3, 0.4) is 0 Å². The third-order valence-corrected chi connectivity index (χ3v) is 7.87. The van der Waals surface area contributed by atoms with Crippen LogP contribution < -0.4 is 10.2 Å². The van der Waals surface area contributed by atoms with E-state index in [1.54, 1.807) is 4.90 Å². The van der Waals surface area contributed by atoms with Crippen LogP contribution in [0.4, 0.5) is 5.13 Å². The van der Waals surface area contributed by atoms with Gasteiger partial charge in [0.25, 0.3) is 0 Å². The molecule has 2 fully saturated rings. The molecule has 2 amide bonds. The fourth-order valence-corrected chi connectivity index (χ4v) is 5.69. The van der Waals surface area contributed by atoms with E-state index < -0.39 is 0 Å². The van der Waals surface area contributed by atoms with Gasteiger partial charge in [-0.25, -0.2) is 0 Å². The molecular formula is C19H30N4O2S2. The van der Waals surface area contributed by atoms with Gasteiger partial charge in [0.1, 0.15) is 0 Å². The molecule has 0 aliphatic heterocycles. The minimum atomic E-state index is -0.230. The van der Waals surface area contributed by atoms with E-state index in [1.165, 1.54) is 35.9 Å². The minimum absolute atomic E-state index is 0.0615. The van der Waals surface area contributed by atoms with Crippen molar-refractivity contribution in [2.24, 2.45) is 11.8 Å². The number of aromatic nitrogens is 2. The second-order valence-electron chi connectivity index (χ2n) is 7.84. The van der Waals surface area contributed by atoms with Crippen LogP contribution in [0.2, 0.25) is 0 Å². The molecule has 3 rings (SSSR count). The van der Waals surface area contributed by atoms with Crippen LogP contribution in [0.15, 0.2) is 4.34 Å². The molecule has 1 aromatic heterocycles. The maximum atomic E-state index is 12.6. The fraction of sp³-hybridized carbons (Fsp3) is 0.789. The molecule has 1 N–H and O–H groups in total. The average molecular weight is 411 g/mol. The van der Waals surface area contributed by atoms with E-state index in [0.717, 1.165) is 23.6 Å². The summed E-state index contributed by atoms with van der Waals surface area (Å²) in [7, 11) is 0. The lowest BCUT2D eigenvalue weighted by atomic mass is 9.78. The number of hydrogen-bond acceptors (Lipinski definition) is 6. The summed E-state index contributed by atoms with van der Waals surface area (Å²) in [5.74, 6) is 1.32. The Kier molecular flexibility index (Phi) is 6.78. The molecule has 1 aromatic rings. The molecule has 150 valence electrons. The number of amides is 2. The first-order chi connectivity index (χ1) is 12.9. The number of anilines is 1. The van der Waals surface area contributed by atoms with Crippen LogP contribution >= 0.6 is 23.1 Å². The van der Waals surface area contributed by atoms with E-state index in [1.807, 2.05) is 13.8 Å². The van der Waals surface area contributed by atoms with E-state index in [0.29, 0.717) is 23.4 Å². The van der Waals surface area contributed by atoms with Gasteiger partial charge in [-0.15, -0.1) is 10.2 Å². The Morgan fingerprint density at radius 3 is 2.67 bits per heavy atom. The monoisotopic (exact) mass is 410 g/mol. The highest BCUT2D eigenvalue weighted by Crippen LogP contribution is 2.37. The van der Waals surface area contributed by atoms with Crippen molar-refractivity contribution in [2.75, 3.05) is 4.90 Å². The Morgan fingerprint density at radius 1 is 1.26 bits per heavy atom. The minimum Gasteiger partial charge on any atom is -0.352 e. The lowest BCUT2D eigenvalue weighted by molar-refractivity contribution is -0.121. The molecule has 6 nitrogen and oxygen atoms in total. The smallest absolute Gasteiger partial charge is 0.233 e. The summed E-state index contributed by atoms with van der Waals surface area (Å²) in [6, 6.07) is 0.542. The van der Waals surface area contributed by atoms with Crippen LogP contribution in [0.1, 0.15) is 66.2 Å². The number of nitrogens with zero attached hydrogens (tertiary/aromatic N) is 3. The number of nitrogens with one attached hydrogen (secondary N) is 1. The summed E-state index contributed by atoms with van der Waals surface area (Å²) in [6.07, 6.45) is 6.03. The number of carbonyl (C=O) groups excluding carboxylic acids is 2. The van der Waals surface area contributed by atoms with Crippen LogP contribution in [0.5, 0.6) is 0 Å². The summed E-state index contributed by atoms with van der Waals surface area (Å²) >= 11 is 2.84. The predicted octanol–water partition coefficient (Wildman–Crippen LogP) is 3.87. The van der Waals surface area contributed by atoms with Gasteiger partial charge < -0.3 is 5.32 Å². The van der Waals surface area contributed by atoms with E-state index in [9.17, 15) is 9.59 Å². The lowest BCUT2D eigenvalue weighted by Crippen LogP contribution is -2.46. The Hall–Kier alpha value is -1.15. The van der Waals surface area contributed by atoms with E-state index >= 15 is 0 Å². The summed E-state index contributed by atoms with van der Waals surface area (Å²) in [5, 5.41) is 12.1. The zero-order chi connectivity index (χ0) is 19.6. The molecule has 8 heteroatoms. The molecule has 0 aromatic carbocycles. The fourth-order valence-electron chi connectivity index (χ4n) is 3.61. The molecule has 0 spiro atoms. The predicted molar refractivity (Wildman–Crippen MR) is 110 cm³/mol. The van der Waals surface area contributed by atoms with Gasteiger partial charge in [-0.3, -0.25) is 14.5 Å². The normalized spacial score (nSPS) is 26.4. The molecule has 2 aliphatic carbocycles. The molecule has 4 atom stereocenters. The van der Waals surface area contributed by atoms with E-state index in [-0.39, 0.29) is 29.1 Å². The highest BCUT2D eigenvalue weighted by atomic mass is 32.2. The van der Waals surface area contributed by atoms with Gasteiger partial charge in [0.2, 0.25) is 16.9 Å². The van der Waals surface area contributed by atoms with Crippen LogP contribution in [0, 0.1) is 11.8 Å². The maximum absolute atomic E-state index is 12.6. The summed E-state index contributed by atoms with van der Waals surface area (Å²) in [6.45, 7) is 8.29. The van der Waals surface area contributed by atoms with Gasteiger partial charge in [0.15, 0.2) is 4.34 Å². The van der Waals surface area contributed by atoms with Gasteiger partial charge in [-0.1, -0.05) is 56.7 Å². The van der Waals surface area contributed by atoms with Crippen LogP contribution in [-0.4, -0.2) is 39.3 Å². The first kappa shape index (κ1) is 20.6. The standard InChI is InChI=1S/C19H30N4O2S2/c1-5-16(24)23(14-9-10-14)18-21-22-19(27-18)26-13(4)17(25)20-15-8-6-7-11(2)12(15)3/h11-15H,5-10H2,1-4H3,(H,20,25)/t11-,12+,13+,15+/m0/s1. The van der Waals surface area contributed by atoms with Gasteiger partial charge in [-0.05, 0) is 38.0 Å². The first-order valence-electron chi connectivity index (χ1n) is 10.0. The Morgan fingerprint density at radius 2 is 2.00 bits per heavy atom. The van der Waals surface area contributed by atoms with Gasteiger partial charge in [0.05, 0.1) is 5.25 Å². The molecule has 0 saturated heterocycles. The molecule has 0 bridgehead atoms. The van der Waals surface area contributed by atoms with Crippen molar-refractivity contribution < 1.29 is 9.59 Å². The van der Waals surface area contributed by atoms with Crippen molar-refractivity contribution in [1.82, 2.24) is 15.5 Å². The highest BCUT2D eigenvalue weighted by molar-refractivity contribution is 8.02. The quantitative estimate of drug-likeness (QED) is 0.546. The Bertz CT molecular complexity index is 676. The molecule has 2 aliphatic rings. The van der Waals surface area contributed by atoms with Crippen molar-refractivity contribution in [1.29, 1.82) is 0 Å². The largest absolute Gasteiger partial charge is 0.352 e. The third kappa shape index (κ3) is 5.02. The van der Waals surface area contributed by atoms with Gasteiger partial charge >= 0.3 is 0 Å². The van der Waals surface area contributed by atoms with E-state index in [4.69, 9.17) is 0 Å². The highest BCUT2D eigenvalue weighted by Gasteiger charge is 2.35. The van der Waals surface area contributed by atoms with E-state index in [2.05, 4.69) is 29.4 Å². The third-order valence-electron chi connectivity index (χ3n) is 5.77. The summed E-state index contributed by atoms with van der Waals surface area (Å²) in [5.41, 5.74) is 0. The van der Waals surface area contributed by atoms with Crippen LogP contribution in [0.25, 0.3) is 0 Å². The zero-order valence-electron chi connectivity index (χ0n) is 16.6. The number of rotatable bonds is 7. The summed E-state index contributed by atoms with van der Waals surface area (Å²) < 4.78 is 0.743.